The molecule has 3 aromatic rings. The summed E-state index contributed by atoms with van der Waals surface area (Å²) in [5.41, 5.74) is 3.43. The maximum absolute atomic E-state index is 12.8. The van der Waals surface area contributed by atoms with Crippen LogP contribution in [0, 0.1) is 6.92 Å². The fourth-order valence-electron chi connectivity index (χ4n) is 3.95. The Morgan fingerprint density at radius 3 is 2.47 bits per heavy atom. The Morgan fingerprint density at radius 1 is 0.969 bits per heavy atom. The fourth-order valence-corrected chi connectivity index (χ4v) is 4.23. The zero-order valence-corrected chi connectivity index (χ0v) is 18.5. The van der Waals surface area contributed by atoms with Crippen molar-refractivity contribution in [3.8, 4) is 11.5 Å². The molecule has 0 atom stereocenters. The summed E-state index contributed by atoms with van der Waals surface area (Å²) in [7, 11) is 0. The molecule has 2 aliphatic heterocycles. The number of hydrogen-bond acceptors (Lipinski definition) is 4. The van der Waals surface area contributed by atoms with Gasteiger partial charge in [0, 0.05) is 26.2 Å². The van der Waals surface area contributed by atoms with Crippen LogP contribution in [0.4, 0.5) is 16.2 Å². The van der Waals surface area contributed by atoms with Gasteiger partial charge in [0.2, 0.25) is 0 Å². The van der Waals surface area contributed by atoms with Crippen molar-refractivity contribution in [3.63, 3.8) is 0 Å². The molecule has 32 heavy (non-hydrogen) atoms. The number of urea groups is 1. The molecule has 0 radical (unpaired) electrons. The number of piperazine rings is 1. The number of nitrogens with one attached hydrogen (secondary N) is 1. The summed E-state index contributed by atoms with van der Waals surface area (Å²) in [6.07, 6.45) is 0. The smallest absolute Gasteiger partial charge is 0.322 e. The molecule has 6 nitrogen and oxygen atoms in total. The van der Waals surface area contributed by atoms with Gasteiger partial charge in [-0.15, -0.1) is 0 Å². The Kier molecular flexibility index (Phi) is 5.45. The van der Waals surface area contributed by atoms with E-state index < -0.39 is 0 Å². The van der Waals surface area contributed by atoms with Gasteiger partial charge in [0.05, 0.1) is 16.3 Å². The Morgan fingerprint density at radius 2 is 1.69 bits per heavy atom. The molecule has 0 saturated carbocycles. The molecule has 0 aromatic heterocycles. The van der Waals surface area contributed by atoms with Crippen molar-refractivity contribution in [1.29, 1.82) is 0 Å². The lowest BCUT2D eigenvalue weighted by molar-refractivity contribution is 0.181. The van der Waals surface area contributed by atoms with E-state index in [1.54, 1.807) is 4.90 Å². The number of carbonyl (C=O) groups is 1. The number of hydrogen-bond donors (Lipinski definition) is 1. The van der Waals surface area contributed by atoms with Crippen LogP contribution in [0.25, 0.3) is 0 Å². The lowest BCUT2D eigenvalue weighted by Crippen LogP contribution is -2.51. The molecule has 0 unspecified atom stereocenters. The molecule has 0 aliphatic carbocycles. The zero-order chi connectivity index (χ0) is 22.1. The van der Waals surface area contributed by atoms with E-state index in [2.05, 4.69) is 10.2 Å². The minimum absolute atomic E-state index is 0.146. The Hall–Kier alpha value is -3.51. The first kappa shape index (κ1) is 20.4. The summed E-state index contributed by atoms with van der Waals surface area (Å²) in [6, 6.07) is 21.2. The van der Waals surface area contributed by atoms with E-state index in [0.29, 0.717) is 36.9 Å². The molecule has 0 bridgehead atoms. The van der Waals surface area contributed by atoms with Gasteiger partial charge in [0.1, 0.15) is 17.3 Å². The van der Waals surface area contributed by atoms with Crippen molar-refractivity contribution in [3.05, 3.63) is 82.9 Å². The number of para-hydroxylation sites is 3. The molecule has 2 amide bonds. The van der Waals surface area contributed by atoms with Crippen LogP contribution in [0.5, 0.6) is 11.5 Å². The van der Waals surface area contributed by atoms with Crippen molar-refractivity contribution in [2.75, 3.05) is 31.5 Å². The number of nitrogens with zero attached hydrogens (tertiary/aromatic N) is 3. The average Bonchev–Trinajstić information content (AvgIpc) is 2.98. The second-order valence-electron chi connectivity index (χ2n) is 7.89. The Bertz CT molecular complexity index is 1200. The predicted molar refractivity (Wildman–Crippen MR) is 128 cm³/mol. The van der Waals surface area contributed by atoms with E-state index >= 15 is 0 Å². The van der Waals surface area contributed by atoms with Gasteiger partial charge in [-0.2, -0.15) is 0 Å². The second kappa shape index (κ2) is 8.55. The van der Waals surface area contributed by atoms with Crippen LogP contribution in [0.1, 0.15) is 11.1 Å². The quantitative estimate of drug-likeness (QED) is 0.523. The maximum Gasteiger partial charge on any atom is 0.322 e. The van der Waals surface area contributed by atoms with Gasteiger partial charge in [0.15, 0.2) is 5.75 Å². The normalized spacial score (nSPS) is 15.1. The third-order valence-electron chi connectivity index (χ3n) is 5.67. The molecular formula is C25H23ClN4O2. The van der Waals surface area contributed by atoms with Crippen LogP contribution in [0.15, 0.2) is 71.7 Å². The molecule has 1 N–H and O–H groups in total. The highest BCUT2D eigenvalue weighted by Crippen LogP contribution is 2.38. The monoisotopic (exact) mass is 446 g/mol. The van der Waals surface area contributed by atoms with Crippen LogP contribution < -0.4 is 10.1 Å². The highest BCUT2D eigenvalue weighted by atomic mass is 35.5. The number of amidine groups is 1. The van der Waals surface area contributed by atoms with Crippen molar-refractivity contribution in [1.82, 2.24) is 9.80 Å². The Labute approximate surface area is 192 Å². The third kappa shape index (κ3) is 4.01. The van der Waals surface area contributed by atoms with E-state index in [1.807, 2.05) is 73.7 Å². The number of aliphatic imine (C=N–C) groups is 1. The summed E-state index contributed by atoms with van der Waals surface area (Å²) in [5, 5.41) is 3.47. The topological polar surface area (TPSA) is 57.2 Å². The number of benzene rings is 3. The number of ether oxygens (including phenoxy) is 1. The molecule has 1 fully saturated rings. The molecule has 2 heterocycles. The molecule has 7 heteroatoms. The summed E-state index contributed by atoms with van der Waals surface area (Å²) in [6.45, 7) is 4.47. The lowest BCUT2D eigenvalue weighted by Gasteiger charge is -2.36. The number of rotatable bonds is 1. The van der Waals surface area contributed by atoms with Crippen molar-refractivity contribution >= 4 is 34.8 Å². The van der Waals surface area contributed by atoms with Gasteiger partial charge >= 0.3 is 6.03 Å². The first-order valence-corrected chi connectivity index (χ1v) is 11.0. The first-order chi connectivity index (χ1) is 15.6. The van der Waals surface area contributed by atoms with E-state index in [0.717, 1.165) is 34.1 Å². The van der Waals surface area contributed by atoms with Gasteiger partial charge in [-0.3, -0.25) is 0 Å². The molecule has 2 aliphatic rings. The lowest BCUT2D eigenvalue weighted by atomic mass is 10.1. The van der Waals surface area contributed by atoms with E-state index in [9.17, 15) is 4.79 Å². The minimum Gasteiger partial charge on any atom is -0.454 e. The number of amides is 2. The summed E-state index contributed by atoms with van der Waals surface area (Å²) in [4.78, 5) is 21.8. The van der Waals surface area contributed by atoms with Gasteiger partial charge in [-0.1, -0.05) is 41.9 Å². The van der Waals surface area contributed by atoms with Crippen LogP contribution in [0.2, 0.25) is 5.02 Å². The van der Waals surface area contributed by atoms with Crippen molar-refractivity contribution in [2.45, 2.75) is 6.92 Å². The van der Waals surface area contributed by atoms with Gasteiger partial charge in [-0.05, 0) is 48.9 Å². The minimum atomic E-state index is -0.146. The average molecular weight is 447 g/mol. The van der Waals surface area contributed by atoms with Crippen LogP contribution in [-0.2, 0) is 0 Å². The molecule has 0 spiro atoms. The number of anilines is 1. The van der Waals surface area contributed by atoms with Crippen LogP contribution >= 0.6 is 11.6 Å². The first-order valence-electron chi connectivity index (χ1n) is 10.6. The number of carbonyl (C=O) groups excluding carboxylic acids is 1. The summed E-state index contributed by atoms with van der Waals surface area (Å²) in [5.74, 6) is 2.39. The van der Waals surface area contributed by atoms with Crippen molar-refractivity contribution < 1.29 is 9.53 Å². The molecular weight excluding hydrogens is 424 g/mol. The number of aryl methyl sites for hydroxylation is 1. The molecule has 5 rings (SSSR count). The number of halogens is 1. The highest BCUT2D eigenvalue weighted by Gasteiger charge is 2.27. The third-order valence-corrected chi connectivity index (χ3v) is 5.98. The largest absolute Gasteiger partial charge is 0.454 e. The van der Waals surface area contributed by atoms with E-state index in [1.165, 1.54) is 0 Å². The van der Waals surface area contributed by atoms with E-state index in [-0.39, 0.29) is 6.03 Å². The number of fused-ring (bicyclic) bond motifs is 2. The molecule has 1 saturated heterocycles. The SMILES string of the molecule is Cc1ccc(NC(=O)N2CCN(C3=Nc4ccccc4Oc4ccccc43)CC2)c(Cl)c1. The summed E-state index contributed by atoms with van der Waals surface area (Å²) >= 11 is 6.27. The van der Waals surface area contributed by atoms with Gasteiger partial charge in [0.25, 0.3) is 0 Å². The predicted octanol–water partition coefficient (Wildman–Crippen LogP) is 5.68. The Balaban J connectivity index is 1.33. The zero-order valence-electron chi connectivity index (χ0n) is 17.7. The second-order valence-corrected chi connectivity index (χ2v) is 8.30. The molecule has 3 aromatic carbocycles. The summed E-state index contributed by atoms with van der Waals surface area (Å²) < 4.78 is 6.14. The highest BCUT2D eigenvalue weighted by molar-refractivity contribution is 6.33. The molecule has 162 valence electrons. The van der Waals surface area contributed by atoms with Crippen molar-refractivity contribution in [2.24, 2.45) is 4.99 Å². The standard InChI is InChI=1S/C25H23ClN4O2/c1-17-10-11-20(19(26)16-17)28-25(31)30-14-12-29(13-15-30)24-18-6-2-4-8-22(18)32-23-9-5-3-7-21(23)27-24/h2-11,16H,12-15H2,1H3,(H,28,31). The van der Waals surface area contributed by atoms with E-state index in [4.69, 9.17) is 21.3 Å². The van der Waals surface area contributed by atoms with Gasteiger partial charge < -0.3 is 19.9 Å². The fraction of sp³-hybridized carbons (Fsp3) is 0.200. The van der Waals surface area contributed by atoms with Crippen LogP contribution in [-0.4, -0.2) is 47.8 Å². The maximum atomic E-state index is 12.8. The van der Waals surface area contributed by atoms with Crippen LogP contribution in [0.3, 0.4) is 0 Å². The van der Waals surface area contributed by atoms with Gasteiger partial charge in [-0.25, -0.2) is 9.79 Å².